The van der Waals surface area contributed by atoms with Gasteiger partial charge >= 0.3 is 0 Å². The molecule has 0 aliphatic carbocycles. The van der Waals surface area contributed by atoms with Crippen molar-refractivity contribution in [1.82, 2.24) is 4.57 Å². The lowest BCUT2D eigenvalue weighted by atomic mass is 10.3. The molecule has 1 heterocycles. The number of benzene rings is 2. The van der Waals surface area contributed by atoms with Crippen molar-refractivity contribution in [3.63, 3.8) is 0 Å². The number of halogens is 2. The summed E-state index contributed by atoms with van der Waals surface area (Å²) >= 11 is 18.4. The molecule has 0 fully saturated rings. The molecule has 3 nitrogen and oxygen atoms in total. The van der Waals surface area contributed by atoms with Crippen LogP contribution in [-0.4, -0.2) is 15.9 Å². The van der Waals surface area contributed by atoms with Gasteiger partial charge in [0, 0.05) is 10.0 Å². The van der Waals surface area contributed by atoms with Gasteiger partial charge in [0.05, 0.1) is 17.6 Å². The van der Waals surface area contributed by atoms with Gasteiger partial charge in [-0.25, -0.2) is 0 Å². The van der Waals surface area contributed by atoms with Crippen LogP contribution in [0.2, 0.25) is 10.0 Å². The third-order valence-electron chi connectivity index (χ3n) is 3.04. The first-order valence-electron chi connectivity index (χ1n) is 6.55. The van der Waals surface area contributed by atoms with Crippen LogP contribution in [0.25, 0.3) is 5.69 Å². The molecule has 116 valence electrons. The first kappa shape index (κ1) is 16.2. The van der Waals surface area contributed by atoms with Gasteiger partial charge in [0.15, 0.2) is 3.95 Å². The van der Waals surface area contributed by atoms with Crippen LogP contribution < -0.4 is 0 Å². The smallest absolute Gasteiger partial charge is 0.216 e. The number of hydrogen-bond acceptors (Lipinski definition) is 4. The standard InChI is InChI=1S/C16H10Cl2N2OS2/c17-10-4-6-13(7-5-10)20-15(21)14(23-16(20)22)9-19-12-3-1-2-11(18)8-12/h1-9,21H. The second kappa shape index (κ2) is 6.84. The van der Waals surface area contributed by atoms with Crippen molar-refractivity contribution >= 4 is 58.7 Å². The summed E-state index contributed by atoms with van der Waals surface area (Å²) in [5.74, 6) is 0.0492. The number of aliphatic imine (C=N–C) groups is 1. The Morgan fingerprint density at radius 1 is 1.09 bits per heavy atom. The Bertz CT molecular complexity index is 930. The van der Waals surface area contributed by atoms with E-state index in [1.165, 1.54) is 11.3 Å². The SMILES string of the molecule is Oc1c(C=Nc2cccc(Cl)c2)sc(=S)n1-c1ccc(Cl)cc1. The molecule has 3 aromatic rings. The lowest BCUT2D eigenvalue weighted by Crippen LogP contribution is -1.92. The summed E-state index contributed by atoms with van der Waals surface area (Å²) in [6.07, 6.45) is 1.58. The van der Waals surface area contributed by atoms with Gasteiger partial charge in [0.25, 0.3) is 0 Å². The Labute approximate surface area is 152 Å². The summed E-state index contributed by atoms with van der Waals surface area (Å²) < 4.78 is 2.10. The number of aromatic nitrogens is 1. The van der Waals surface area contributed by atoms with E-state index in [1.54, 1.807) is 47.2 Å². The molecule has 1 aromatic heterocycles. The van der Waals surface area contributed by atoms with E-state index in [0.29, 0.717) is 24.6 Å². The van der Waals surface area contributed by atoms with Crippen LogP contribution in [0.5, 0.6) is 5.88 Å². The largest absolute Gasteiger partial charge is 0.493 e. The number of thiazole rings is 1. The molecule has 0 unspecified atom stereocenters. The van der Waals surface area contributed by atoms with Gasteiger partial charge in [-0.1, -0.05) is 40.6 Å². The van der Waals surface area contributed by atoms with Crippen LogP contribution in [-0.2, 0) is 0 Å². The van der Waals surface area contributed by atoms with Gasteiger partial charge in [-0.2, -0.15) is 0 Å². The van der Waals surface area contributed by atoms with Crippen molar-refractivity contribution in [2.45, 2.75) is 0 Å². The van der Waals surface area contributed by atoms with Crippen LogP contribution in [0.1, 0.15) is 4.88 Å². The van der Waals surface area contributed by atoms with Gasteiger partial charge in [0.2, 0.25) is 5.88 Å². The maximum atomic E-state index is 10.4. The molecule has 1 N–H and O–H groups in total. The van der Waals surface area contributed by atoms with E-state index in [9.17, 15) is 5.11 Å². The predicted octanol–water partition coefficient (Wildman–Crippen LogP) is 6.03. The molecule has 7 heteroatoms. The number of aromatic hydroxyl groups is 1. The van der Waals surface area contributed by atoms with E-state index >= 15 is 0 Å². The molecule has 23 heavy (non-hydrogen) atoms. The van der Waals surface area contributed by atoms with Crippen molar-refractivity contribution in [1.29, 1.82) is 0 Å². The highest BCUT2D eigenvalue weighted by atomic mass is 35.5. The highest BCUT2D eigenvalue weighted by Crippen LogP contribution is 2.29. The van der Waals surface area contributed by atoms with E-state index in [0.717, 1.165) is 5.69 Å². The minimum Gasteiger partial charge on any atom is -0.493 e. The maximum absolute atomic E-state index is 10.4. The third kappa shape index (κ3) is 3.64. The molecule has 0 aliphatic rings. The van der Waals surface area contributed by atoms with Crippen LogP contribution >= 0.6 is 46.8 Å². The van der Waals surface area contributed by atoms with E-state index in [-0.39, 0.29) is 5.88 Å². The van der Waals surface area contributed by atoms with Crippen LogP contribution in [0, 0.1) is 3.95 Å². The van der Waals surface area contributed by atoms with E-state index < -0.39 is 0 Å². The Balaban J connectivity index is 1.98. The quantitative estimate of drug-likeness (QED) is 0.444. The molecule has 3 rings (SSSR count). The molecule has 0 saturated carbocycles. The average Bonchev–Trinajstić information content (AvgIpc) is 2.81. The van der Waals surface area contributed by atoms with Crippen molar-refractivity contribution in [3.05, 3.63) is 67.4 Å². The molecule has 0 radical (unpaired) electrons. The predicted molar refractivity (Wildman–Crippen MR) is 99.9 cm³/mol. The Morgan fingerprint density at radius 2 is 1.83 bits per heavy atom. The average molecular weight is 381 g/mol. The monoisotopic (exact) mass is 380 g/mol. The normalized spacial score (nSPS) is 11.2. The fraction of sp³-hybridized carbons (Fsp3) is 0. The Morgan fingerprint density at radius 3 is 2.52 bits per heavy atom. The van der Waals surface area contributed by atoms with Gasteiger partial charge in [0.1, 0.15) is 4.88 Å². The third-order valence-corrected chi connectivity index (χ3v) is 4.82. The topological polar surface area (TPSA) is 37.5 Å². The summed E-state index contributed by atoms with van der Waals surface area (Å²) in [5, 5.41) is 11.7. The second-order valence-electron chi connectivity index (χ2n) is 4.61. The molecule has 0 spiro atoms. The van der Waals surface area contributed by atoms with Gasteiger partial charge in [-0.15, -0.1) is 0 Å². The molecule has 0 amide bonds. The summed E-state index contributed by atoms with van der Waals surface area (Å²) in [5.41, 5.74) is 1.45. The lowest BCUT2D eigenvalue weighted by Gasteiger charge is -2.04. The van der Waals surface area contributed by atoms with E-state index in [1.807, 2.05) is 12.1 Å². The van der Waals surface area contributed by atoms with E-state index in [4.69, 9.17) is 35.4 Å². The summed E-state index contributed by atoms with van der Waals surface area (Å²) in [6.45, 7) is 0. The van der Waals surface area contributed by atoms with Crippen LogP contribution in [0.15, 0.2) is 53.5 Å². The summed E-state index contributed by atoms with van der Waals surface area (Å²) in [4.78, 5) is 4.89. The zero-order chi connectivity index (χ0) is 16.4. The molecule has 2 aromatic carbocycles. The molecule has 0 bridgehead atoms. The van der Waals surface area contributed by atoms with E-state index in [2.05, 4.69) is 4.99 Å². The highest BCUT2D eigenvalue weighted by molar-refractivity contribution is 7.73. The van der Waals surface area contributed by atoms with Crippen LogP contribution in [0.4, 0.5) is 5.69 Å². The fourth-order valence-electron chi connectivity index (χ4n) is 1.97. The molecule has 0 aliphatic heterocycles. The second-order valence-corrected chi connectivity index (χ2v) is 7.15. The zero-order valence-electron chi connectivity index (χ0n) is 11.6. The minimum absolute atomic E-state index is 0.0492. The van der Waals surface area contributed by atoms with Gasteiger partial charge in [-0.05, 0) is 54.7 Å². The molecular formula is C16H10Cl2N2OS2. The Kier molecular flexibility index (Phi) is 4.82. The van der Waals surface area contributed by atoms with Gasteiger partial charge < -0.3 is 5.11 Å². The number of hydrogen-bond donors (Lipinski definition) is 1. The fourth-order valence-corrected chi connectivity index (χ4v) is 3.50. The number of rotatable bonds is 3. The van der Waals surface area contributed by atoms with Crippen molar-refractivity contribution in [3.8, 4) is 11.6 Å². The Hall–Kier alpha value is -1.66. The zero-order valence-corrected chi connectivity index (χ0v) is 14.8. The summed E-state index contributed by atoms with van der Waals surface area (Å²) in [6, 6.07) is 14.2. The first-order chi connectivity index (χ1) is 11.0. The molecule has 0 atom stereocenters. The van der Waals surface area contributed by atoms with Crippen molar-refractivity contribution in [2.75, 3.05) is 0 Å². The first-order valence-corrected chi connectivity index (χ1v) is 8.53. The van der Waals surface area contributed by atoms with Crippen molar-refractivity contribution < 1.29 is 5.11 Å². The maximum Gasteiger partial charge on any atom is 0.216 e. The van der Waals surface area contributed by atoms with Gasteiger partial charge in [-0.3, -0.25) is 9.56 Å². The minimum atomic E-state index is 0.0492. The summed E-state index contributed by atoms with van der Waals surface area (Å²) in [7, 11) is 0. The molecular weight excluding hydrogens is 371 g/mol. The lowest BCUT2D eigenvalue weighted by molar-refractivity contribution is 0.441. The van der Waals surface area contributed by atoms with Crippen molar-refractivity contribution in [2.24, 2.45) is 4.99 Å². The van der Waals surface area contributed by atoms with Crippen LogP contribution in [0.3, 0.4) is 0 Å². The molecule has 0 saturated heterocycles. The number of nitrogens with zero attached hydrogens (tertiary/aromatic N) is 2. The highest BCUT2D eigenvalue weighted by Gasteiger charge is 2.11.